The summed E-state index contributed by atoms with van der Waals surface area (Å²) in [7, 11) is 1.89. The molecule has 0 spiro atoms. The van der Waals surface area contributed by atoms with E-state index in [0.29, 0.717) is 22.2 Å². The van der Waals surface area contributed by atoms with Gasteiger partial charge in [0.25, 0.3) is 0 Å². The van der Waals surface area contributed by atoms with E-state index in [9.17, 15) is 4.79 Å². The van der Waals surface area contributed by atoms with Crippen LogP contribution in [0.2, 0.25) is 10.0 Å². The summed E-state index contributed by atoms with van der Waals surface area (Å²) in [6, 6.07) is 6.50. The Labute approximate surface area is 128 Å². The van der Waals surface area contributed by atoms with Crippen molar-refractivity contribution in [1.82, 2.24) is 4.90 Å². The van der Waals surface area contributed by atoms with Gasteiger partial charge in [-0.15, -0.1) is 0 Å². The molecule has 0 bridgehead atoms. The molecule has 0 saturated heterocycles. The van der Waals surface area contributed by atoms with Crippen LogP contribution in [0.3, 0.4) is 0 Å². The number of Topliss-reactive ketones (excluding diaryl/α,β-unsaturated/α-hetero) is 1. The Morgan fingerprint density at radius 2 is 2.10 bits per heavy atom. The summed E-state index contributed by atoms with van der Waals surface area (Å²) in [5.41, 5.74) is 1.51. The van der Waals surface area contributed by atoms with E-state index < -0.39 is 0 Å². The van der Waals surface area contributed by atoms with E-state index >= 15 is 0 Å². The lowest BCUT2D eigenvalue weighted by atomic mass is 10.0. The van der Waals surface area contributed by atoms with E-state index in [2.05, 4.69) is 0 Å². The fraction of sp³-hybridized carbons (Fsp3) is 0.267. The molecule has 0 fully saturated rings. The molecule has 0 saturated carbocycles. The van der Waals surface area contributed by atoms with Gasteiger partial charge in [0.2, 0.25) is 0 Å². The Bertz CT molecular complexity index is 596. The normalized spacial score (nSPS) is 12.7. The topological polar surface area (TPSA) is 33.5 Å². The van der Waals surface area contributed by atoms with Crippen molar-refractivity contribution in [2.24, 2.45) is 0 Å². The van der Waals surface area contributed by atoms with E-state index in [0.717, 1.165) is 5.56 Å². The van der Waals surface area contributed by atoms with Crippen LogP contribution in [-0.2, 0) is 6.54 Å². The number of ketones is 1. The molecule has 3 nitrogen and oxygen atoms in total. The Morgan fingerprint density at radius 3 is 2.70 bits per heavy atom. The van der Waals surface area contributed by atoms with Gasteiger partial charge in [-0.05, 0) is 38.2 Å². The average molecular weight is 312 g/mol. The maximum absolute atomic E-state index is 12.5. The molecular formula is C15H15Cl2NO2. The smallest absolute Gasteiger partial charge is 0.181 e. The van der Waals surface area contributed by atoms with Crippen molar-refractivity contribution in [2.75, 3.05) is 7.05 Å². The van der Waals surface area contributed by atoms with Crippen LogP contribution < -0.4 is 0 Å². The molecule has 1 aromatic heterocycles. The summed E-state index contributed by atoms with van der Waals surface area (Å²) in [6.07, 6.45) is 3.29. The summed E-state index contributed by atoms with van der Waals surface area (Å²) < 4.78 is 5.03. The zero-order valence-corrected chi connectivity index (χ0v) is 12.8. The van der Waals surface area contributed by atoms with Gasteiger partial charge in [0.05, 0.1) is 23.6 Å². The monoisotopic (exact) mass is 311 g/mol. The molecule has 1 heterocycles. The van der Waals surface area contributed by atoms with Gasteiger partial charge in [0.15, 0.2) is 5.78 Å². The molecule has 0 N–H and O–H groups in total. The number of benzene rings is 1. The fourth-order valence-electron chi connectivity index (χ4n) is 1.92. The summed E-state index contributed by atoms with van der Waals surface area (Å²) in [5, 5.41) is 0.900. The molecule has 20 heavy (non-hydrogen) atoms. The molecular weight excluding hydrogens is 297 g/mol. The number of halogens is 2. The molecule has 0 radical (unpaired) electrons. The summed E-state index contributed by atoms with van der Waals surface area (Å²) >= 11 is 11.9. The first-order valence-electron chi connectivity index (χ1n) is 6.19. The molecule has 106 valence electrons. The largest absolute Gasteiger partial charge is 0.472 e. The van der Waals surface area contributed by atoms with Crippen molar-refractivity contribution in [3.8, 4) is 0 Å². The minimum atomic E-state index is -0.288. The Kier molecular flexibility index (Phi) is 4.86. The van der Waals surface area contributed by atoms with Crippen molar-refractivity contribution < 1.29 is 9.21 Å². The van der Waals surface area contributed by atoms with Gasteiger partial charge in [0, 0.05) is 22.7 Å². The predicted molar refractivity (Wildman–Crippen MR) is 80.4 cm³/mol. The summed E-state index contributed by atoms with van der Waals surface area (Å²) in [4.78, 5) is 14.4. The number of nitrogens with zero attached hydrogens (tertiary/aromatic N) is 1. The van der Waals surface area contributed by atoms with Crippen LogP contribution in [0.15, 0.2) is 41.2 Å². The van der Waals surface area contributed by atoms with Crippen molar-refractivity contribution in [3.05, 3.63) is 58.0 Å². The van der Waals surface area contributed by atoms with Crippen LogP contribution in [-0.4, -0.2) is 23.8 Å². The molecule has 1 unspecified atom stereocenters. The highest BCUT2D eigenvalue weighted by Gasteiger charge is 2.22. The van der Waals surface area contributed by atoms with Gasteiger partial charge < -0.3 is 4.42 Å². The number of carbonyl (C=O) groups excluding carboxylic acids is 1. The molecule has 0 aliphatic rings. The van der Waals surface area contributed by atoms with E-state index in [1.807, 2.05) is 24.9 Å². The lowest BCUT2D eigenvalue weighted by molar-refractivity contribution is 0.0862. The summed E-state index contributed by atoms with van der Waals surface area (Å²) in [5.74, 6) is -0.0299. The zero-order chi connectivity index (χ0) is 14.7. The van der Waals surface area contributed by atoms with Gasteiger partial charge in [-0.2, -0.15) is 0 Å². The highest BCUT2D eigenvalue weighted by molar-refractivity contribution is 6.37. The van der Waals surface area contributed by atoms with Gasteiger partial charge in [-0.1, -0.05) is 23.2 Å². The maximum atomic E-state index is 12.5. The number of likely N-dealkylation sites (N-methyl/N-ethyl adjacent to an activating group) is 1. The van der Waals surface area contributed by atoms with Crippen molar-refractivity contribution in [3.63, 3.8) is 0 Å². The molecule has 2 rings (SSSR count). The third-order valence-electron chi connectivity index (χ3n) is 3.25. The van der Waals surface area contributed by atoms with Crippen LogP contribution in [0.5, 0.6) is 0 Å². The fourth-order valence-corrected chi connectivity index (χ4v) is 2.42. The first-order valence-corrected chi connectivity index (χ1v) is 6.95. The van der Waals surface area contributed by atoms with Crippen LogP contribution in [0, 0.1) is 0 Å². The number of carbonyl (C=O) groups is 1. The Morgan fingerprint density at radius 1 is 1.35 bits per heavy atom. The van der Waals surface area contributed by atoms with E-state index in [-0.39, 0.29) is 11.8 Å². The predicted octanol–water partition coefficient (Wildman–Crippen LogP) is 4.29. The standard InChI is InChI=1S/C15H15Cl2NO2/c1-10(18(2)8-11-5-6-20-9-11)15(19)13-4-3-12(16)7-14(13)17/h3-7,9-10H,8H2,1-2H3. The van der Waals surface area contributed by atoms with E-state index in [1.165, 1.54) is 0 Å². The van der Waals surface area contributed by atoms with Gasteiger partial charge in [0.1, 0.15) is 0 Å². The van der Waals surface area contributed by atoms with E-state index in [4.69, 9.17) is 27.6 Å². The second-order valence-electron chi connectivity index (χ2n) is 4.71. The third-order valence-corrected chi connectivity index (χ3v) is 3.80. The minimum Gasteiger partial charge on any atom is -0.472 e. The third kappa shape index (κ3) is 3.42. The lowest BCUT2D eigenvalue weighted by Crippen LogP contribution is -2.35. The quantitative estimate of drug-likeness (QED) is 0.772. The molecule has 0 aliphatic heterocycles. The molecule has 5 heteroatoms. The van der Waals surface area contributed by atoms with Crippen molar-refractivity contribution in [1.29, 1.82) is 0 Å². The highest BCUT2D eigenvalue weighted by Crippen LogP contribution is 2.23. The lowest BCUT2D eigenvalue weighted by Gasteiger charge is -2.23. The number of hydrogen-bond donors (Lipinski definition) is 0. The Hall–Kier alpha value is -1.29. The SMILES string of the molecule is CC(C(=O)c1ccc(Cl)cc1Cl)N(C)Cc1ccoc1. The van der Waals surface area contributed by atoms with Crippen LogP contribution >= 0.6 is 23.2 Å². The number of hydrogen-bond acceptors (Lipinski definition) is 3. The highest BCUT2D eigenvalue weighted by atomic mass is 35.5. The second-order valence-corrected chi connectivity index (χ2v) is 5.55. The van der Waals surface area contributed by atoms with Crippen molar-refractivity contribution in [2.45, 2.75) is 19.5 Å². The molecule has 2 aromatic rings. The molecule has 1 aromatic carbocycles. The first-order chi connectivity index (χ1) is 9.49. The van der Waals surface area contributed by atoms with Gasteiger partial charge in [-0.3, -0.25) is 9.69 Å². The van der Waals surface area contributed by atoms with Crippen LogP contribution in [0.4, 0.5) is 0 Å². The molecule has 0 amide bonds. The molecule has 1 atom stereocenters. The maximum Gasteiger partial charge on any atom is 0.181 e. The van der Waals surface area contributed by atoms with Crippen molar-refractivity contribution >= 4 is 29.0 Å². The first kappa shape index (κ1) is 15.1. The van der Waals surface area contributed by atoms with Crippen LogP contribution in [0.25, 0.3) is 0 Å². The number of furan rings is 1. The summed E-state index contributed by atoms with van der Waals surface area (Å²) in [6.45, 7) is 2.49. The van der Waals surface area contributed by atoms with E-state index in [1.54, 1.807) is 30.7 Å². The molecule has 0 aliphatic carbocycles. The van der Waals surface area contributed by atoms with Gasteiger partial charge >= 0.3 is 0 Å². The second kappa shape index (κ2) is 6.44. The van der Waals surface area contributed by atoms with Crippen LogP contribution in [0.1, 0.15) is 22.8 Å². The average Bonchev–Trinajstić information content (AvgIpc) is 2.90. The zero-order valence-electron chi connectivity index (χ0n) is 11.3. The Balaban J connectivity index is 2.11. The number of rotatable bonds is 5. The minimum absolute atomic E-state index is 0.0299. The van der Waals surface area contributed by atoms with Gasteiger partial charge in [-0.25, -0.2) is 0 Å².